The molecule has 4 heteroatoms. The highest BCUT2D eigenvalue weighted by atomic mass is 16.6. The summed E-state index contributed by atoms with van der Waals surface area (Å²) in [5.74, 6) is 0. The van der Waals surface area contributed by atoms with Gasteiger partial charge in [0.15, 0.2) is 0 Å². The lowest BCUT2D eigenvalue weighted by molar-refractivity contribution is 0.0903. The SMILES string of the molecule is O=C(OCc1ccccc1)N1CCC[C@H]1CCC[C@H]1CO1. The average Bonchev–Trinajstić information content (AvgIpc) is 3.22. The molecule has 114 valence electrons. The summed E-state index contributed by atoms with van der Waals surface area (Å²) >= 11 is 0. The first-order valence-electron chi connectivity index (χ1n) is 7.92. The van der Waals surface area contributed by atoms with Gasteiger partial charge in [0.05, 0.1) is 12.7 Å². The number of carbonyl (C=O) groups excluding carboxylic acids is 1. The molecule has 0 bridgehead atoms. The Kier molecular flexibility index (Phi) is 4.76. The Morgan fingerprint density at radius 2 is 2.10 bits per heavy atom. The molecule has 2 heterocycles. The molecule has 0 unspecified atom stereocenters. The van der Waals surface area contributed by atoms with Crippen molar-refractivity contribution in [3.8, 4) is 0 Å². The van der Waals surface area contributed by atoms with E-state index < -0.39 is 0 Å². The minimum absolute atomic E-state index is 0.163. The van der Waals surface area contributed by atoms with Crippen molar-refractivity contribution in [1.82, 2.24) is 4.90 Å². The van der Waals surface area contributed by atoms with Crippen LogP contribution in [0.25, 0.3) is 0 Å². The van der Waals surface area contributed by atoms with Crippen LogP contribution < -0.4 is 0 Å². The molecular weight excluding hydrogens is 266 g/mol. The molecule has 2 aliphatic heterocycles. The first-order chi connectivity index (χ1) is 10.3. The lowest BCUT2D eigenvalue weighted by Crippen LogP contribution is -2.35. The molecule has 21 heavy (non-hydrogen) atoms. The molecule has 0 aromatic heterocycles. The van der Waals surface area contributed by atoms with Crippen molar-refractivity contribution < 1.29 is 14.3 Å². The van der Waals surface area contributed by atoms with Crippen molar-refractivity contribution >= 4 is 6.09 Å². The van der Waals surface area contributed by atoms with Crippen LogP contribution in [0, 0.1) is 0 Å². The zero-order valence-electron chi connectivity index (χ0n) is 12.4. The van der Waals surface area contributed by atoms with E-state index in [1.165, 1.54) is 0 Å². The summed E-state index contributed by atoms with van der Waals surface area (Å²) in [5.41, 5.74) is 1.03. The van der Waals surface area contributed by atoms with E-state index in [1.807, 2.05) is 35.2 Å². The van der Waals surface area contributed by atoms with Gasteiger partial charge in [0.1, 0.15) is 6.61 Å². The van der Waals surface area contributed by atoms with E-state index in [9.17, 15) is 4.79 Å². The number of ether oxygens (including phenoxy) is 2. The first-order valence-corrected chi connectivity index (χ1v) is 7.92. The molecule has 1 amide bonds. The second-order valence-electron chi connectivity index (χ2n) is 5.92. The molecule has 3 rings (SSSR count). The molecule has 0 saturated carbocycles. The van der Waals surface area contributed by atoms with Gasteiger partial charge in [-0.3, -0.25) is 0 Å². The predicted molar refractivity (Wildman–Crippen MR) is 79.9 cm³/mol. The molecular formula is C17H23NO3. The molecule has 4 nitrogen and oxygen atoms in total. The summed E-state index contributed by atoms with van der Waals surface area (Å²) in [4.78, 5) is 14.1. The van der Waals surface area contributed by atoms with E-state index in [0.29, 0.717) is 18.8 Å². The third-order valence-corrected chi connectivity index (χ3v) is 4.28. The van der Waals surface area contributed by atoms with Crippen molar-refractivity contribution in [2.45, 2.75) is 50.9 Å². The van der Waals surface area contributed by atoms with Gasteiger partial charge in [-0.25, -0.2) is 4.79 Å². The molecule has 1 aromatic rings. The second-order valence-corrected chi connectivity index (χ2v) is 5.92. The maximum absolute atomic E-state index is 12.2. The van der Waals surface area contributed by atoms with Crippen LogP contribution in [-0.4, -0.2) is 36.3 Å². The summed E-state index contributed by atoms with van der Waals surface area (Å²) < 4.78 is 10.7. The zero-order valence-corrected chi connectivity index (χ0v) is 12.4. The maximum atomic E-state index is 12.2. The Morgan fingerprint density at radius 3 is 2.86 bits per heavy atom. The Hall–Kier alpha value is -1.55. The largest absolute Gasteiger partial charge is 0.445 e. The third kappa shape index (κ3) is 4.21. The fourth-order valence-corrected chi connectivity index (χ4v) is 2.99. The number of carbonyl (C=O) groups is 1. The molecule has 2 saturated heterocycles. The van der Waals surface area contributed by atoms with Crippen molar-refractivity contribution in [1.29, 1.82) is 0 Å². The number of nitrogens with zero attached hydrogens (tertiary/aromatic N) is 1. The van der Waals surface area contributed by atoms with Crippen molar-refractivity contribution in [3.05, 3.63) is 35.9 Å². The summed E-state index contributed by atoms with van der Waals surface area (Å²) in [6, 6.07) is 10.2. The molecule has 0 N–H and O–H groups in total. The topological polar surface area (TPSA) is 42.1 Å². The van der Waals surface area contributed by atoms with Gasteiger partial charge in [-0.15, -0.1) is 0 Å². The molecule has 2 fully saturated rings. The Bertz CT molecular complexity index is 458. The minimum Gasteiger partial charge on any atom is -0.445 e. The Balaban J connectivity index is 1.43. The highest BCUT2D eigenvalue weighted by Crippen LogP contribution is 2.25. The van der Waals surface area contributed by atoms with Gasteiger partial charge in [-0.1, -0.05) is 30.3 Å². The summed E-state index contributed by atoms with van der Waals surface area (Å²) in [5, 5.41) is 0. The van der Waals surface area contributed by atoms with E-state index in [-0.39, 0.29) is 6.09 Å². The molecule has 0 radical (unpaired) electrons. The van der Waals surface area contributed by atoms with Gasteiger partial charge in [0.2, 0.25) is 0 Å². The number of hydrogen-bond donors (Lipinski definition) is 0. The maximum Gasteiger partial charge on any atom is 0.410 e. The van der Waals surface area contributed by atoms with Crippen molar-refractivity contribution in [2.75, 3.05) is 13.2 Å². The summed E-state index contributed by atoms with van der Waals surface area (Å²) in [6.07, 6.45) is 5.85. The highest BCUT2D eigenvalue weighted by Gasteiger charge is 2.30. The van der Waals surface area contributed by atoms with Crippen LogP contribution in [0.3, 0.4) is 0 Å². The first kappa shape index (κ1) is 14.4. The molecule has 0 spiro atoms. The van der Waals surface area contributed by atoms with Crippen LogP contribution in [0.2, 0.25) is 0 Å². The quantitative estimate of drug-likeness (QED) is 0.754. The molecule has 2 aliphatic rings. The molecule has 0 aliphatic carbocycles. The van der Waals surface area contributed by atoms with E-state index in [4.69, 9.17) is 9.47 Å². The highest BCUT2D eigenvalue weighted by molar-refractivity contribution is 5.68. The fraction of sp³-hybridized carbons (Fsp3) is 0.588. The number of benzene rings is 1. The van der Waals surface area contributed by atoms with E-state index in [0.717, 1.165) is 50.8 Å². The summed E-state index contributed by atoms with van der Waals surface area (Å²) in [6.45, 7) is 2.12. The van der Waals surface area contributed by atoms with Crippen LogP contribution in [0.15, 0.2) is 30.3 Å². The van der Waals surface area contributed by atoms with Crippen LogP contribution >= 0.6 is 0 Å². The van der Waals surface area contributed by atoms with E-state index in [1.54, 1.807) is 0 Å². The standard InChI is InChI=1S/C17H23NO3/c19-17(21-12-14-6-2-1-3-7-14)18-11-5-9-15(18)8-4-10-16-13-20-16/h1-3,6-7,15-16H,4-5,8-13H2/t15-,16+/m1/s1. The van der Waals surface area contributed by atoms with Crippen LogP contribution in [0.4, 0.5) is 4.79 Å². The van der Waals surface area contributed by atoms with Crippen molar-refractivity contribution in [3.63, 3.8) is 0 Å². The third-order valence-electron chi connectivity index (χ3n) is 4.28. The smallest absolute Gasteiger partial charge is 0.410 e. The van der Waals surface area contributed by atoms with Crippen LogP contribution in [0.5, 0.6) is 0 Å². The molecule has 2 atom stereocenters. The Morgan fingerprint density at radius 1 is 1.29 bits per heavy atom. The Labute approximate surface area is 126 Å². The number of likely N-dealkylation sites (tertiary alicyclic amines) is 1. The van der Waals surface area contributed by atoms with Crippen molar-refractivity contribution in [2.24, 2.45) is 0 Å². The van der Waals surface area contributed by atoms with Gasteiger partial charge in [0.25, 0.3) is 0 Å². The number of amides is 1. The minimum atomic E-state index is -0.163. The lowest BCUT2D eigenvalue weighted by atomic mass is 10.1. The van der Waals surface area contributed by atoms with Gasteiger partial charge >= 0.3 is 6.09 Å². The van der Waals surface area contributed by atoms with Gasteiger partial charge < -0.3 is 14.4 Å². The summed E-state index contributed by atoms with van der Waals surface area (Å²) in [7, 11) is 0. The van der Waals surface area contributed by atoms with Gasteiger partial charge in [-0.05, 0) is 37.7 Å². The predicted octanol–water partition coefficient (Wildman–Crippen LogP) is 3.36. The number of rotatable bonds is 6. The van der Waals surface area contributed by atoms with Crippen LogP contribution in [0.1, 0.15) is 37.7 Å². The monoisotopic (exact) mass is 289 g/mol. The van der Waals surface area contributed by atoms with E-state index >= 15 is 0 Å². The average molecular weight is 289 g/mol. The number of epoxide rings is 1. The van der Waals surface area contributed by atoms with Gasteiger partial charge in [0, 0.05) is 12.6 Å². The molecule has 1 aromatic carbocycles. The normalized spacial score (nSPS) is 24.1. The van der Waals surface area contributed by atoms with Crippen LogP contribution in [-0.2, 0) is 16.1 Å². The van der Waals surface area contributed by atoms with Gasteiger partial charge in [-0.2, -0.15) is 0 Å². The zero-order chi connectivity index (χ0) is 14.5. The second kappa shape index (κ2) is 6.94. The fourth-order valence-electron chi connectivity index (χ4n) is 2.99. The lowest BCUT2D eigenvalue weighted by Gasteiger charge is -2.24. The van der Waals surface area contributed by atoms with E-state index in [2.05, 4.69) is 0 Å². The number of hydrogen-bond acceptors (Lipinski definition) is 3.